The van der Waals surface area contributed by atoms with Crippen LogP contribution >= 0.6 is 0 Å². The fraction of sp³-hybridized carbons (Fsp3) is 0.438. The minimum absolute atomic E-state index is 0.543. The maximum absolute atomic E-state index is 10.2. The summed E-state index contributed by atoms with van der Waals surface area (Å²) in [5.41, 5.74) is 1.40. The molecule has 2 aromatic rings. The number of nitrogens with zero attached hydrogens (tertiary/aromatic N) is 3. The first kappa shape index (κ1) is 15.7. The SMILES string of the molecule is CN(C)CC(C)(O)CNCc1cnn(-c2ccccc2)c1. The number of aliphatic hydroxyl groups is 1. The lowest BCUT2D eigenvalue weighted by Crippen LogP contribution is -2.45. The van der Waals surface area contributed by atoms with E-state index in [0.717, 1.165) is 11.3 Å². The summed E-state index contributed by atoms with van der Waals surface area (Å²) >= 11 is 0. The molecule has 1 atom stereocenters. The molecule has 1 unspecified atom stereocenters. The Bertz CT molecular complexity index is 548. The van der Waals surface area contributed by atoms with Crippen molar-refractivity contribution in [3.05, 3.63) is 48.3 Å². The molecule has 2 N–H and O–H groups in total. The first-order valence-electron chi connectivity index (χ1n) is 7.13. The molecule has 0 saturated heterocycles. The molecule has 114 valence electrons. The molecule has 0 aliphatic rings. The standard InChI is InChI=1S/C16H24N4O/c1-16(21,13-19(2)3)12-17-9-14-10-18-20(11-14)15-7-5-4-6-8-15/h4-8,10-11,17,21H,9,12-13H2,1-3H3. The van der Waals surface area contributed by atoms with E-state index in [9.17, 15) is 5.11 Å². The third-order valence-electron chi connectivity index (χ3n) is 3.15. The van der Waals surface area contributed by atoms with Gasteiger partial charge in [0, 0.05) is 31.4 Å². The van der Waals surface area contributed by atoms with Crippen LogP contribution in [0.15, 0.2) is 42.7 Å². The first-order valence-corrected chi connectivity index (χ1v) is 7.13. The largest absolute Gasteiger partial charge is 0.388 e. The Balaban J connectivity index is 1.86. The van der Waals surface area contributed by atoms with Gasteiger partial charge in [0.1, 0.15) is 0 Å². The maximum Gasteiger partial charge on any atom is 0.0869 e. The van der Waals surface area contributed by atoms with Crippen LogP contribution in [-0.2, 0) is 6.54 Å². The number of nitrogens with one attached hydrogen (secondary N) is 1. The highest BCUT2D eigenvalue weighted by Crippen LogP contribution is 2.08. The molecule has 0 spiro atoms. The van der Waals surface area contributed by atoms with Gasteiger partial charge in [0.2, 0.25) is 0 Å². The van der Waals surface area contributed by atoms with E-state index in [2.05, 4.69) is 10.4 Å². The predicted molar refractivity (Wildman–Crippen MR) is 84.4 cm³/mol. The van der Waals surface area contributed by atoms with Crippen molar-refractivity contribution in [2.24, 2.45) is 0 Å². The highest BCUT2D eigenvalue weighted by Gasteiger charge is 2.20. The molecule has 21 heavy (non-hydrogen) atoms. The lowest BCUT2D eigenvalue weighted by molar-refractivity contribution is 0.0336. The number of aromatic nitrogens is 2. The Morgan fingerprint density at radius 2 is 2.00 bits per heavy atom. The Morgan fingerprint density at radius 1 is 1.29 bits per heavy atom. The molecule has 5 nitrogen and oxygen atoms in total. The molecule has 0 aliphatic heterocycles. The maximum atomic E-state index is 10.2. The summed E-state index contributed by atoms with van der Waals surface area (Å²) in [4.78, 5) is 1.98. The second-order valence-corrected chi connectivity index (χ2v) is 5.97. The van der Waals surface area contributed by atoms with Gasteiger partial charge in [-0.15, -0.1) is 0 Å². The lowest BCUT2D eigenvalue weighted by atomic mass is 10.1. The molecular formula is C16H24N4O. The molecule has 0 fully saturated rings. The molecule has 1 heterocycles. The molecule has 1 aromatic carbocycles. The van der Waals surface area contributed by atoms with Gasteiger partial charge < -0.3 is 15.3 Å². The molecule has 0 bridgehead atoms. The van der Waals surface area contributed by atoms with Crippen LogP contribution in [0.25, 0.3) is 5.69 Å². The van der Waals surface area contributed by atoms with Gasteiger partial charge in [0.15, 0.2) is 0 Å². The van der Waals surface area contributed by atoms with E-state index in [4.69, 9.17) is 0 Å². The highest BCUT2D eigenvalue weighted by molar-refractivity contribution is 5.30. The summed E-state index contributed by atoms with van der Waals surface area (Å²) in [5, 5.41) is 17.9. The van der Waals surface area contributed by atoms with Crippen molar-refractivity contribution in [3.8, 4) is 5.69 Å². The van der Waals surface area contributed by atoms with Crippen LogP contribution in [0.2, 0.25) is 0 Å². The molecule has 0 amide bonds. The highest BCUT2D eigenvalue weighted by atomic mass is 16.3. The number of hydrogen-bond donors (Lipinski definition) is 2. The minimum atomic E-state index is -0.737. The van der Waals surface area contributed by atoms with E-state index in [-0.39, 0.29) is 0 Å². The summed E-state index contributed by atoms with van der Waals surface area (Å²) < 4.78 is 1.86. The van der Waals surface area contributed by atoms with Crippen molar-refractivity contribution >= 4 is 0 Å². The molecule has 1 aromatic heterocycles. The van der Waals surface area contributed by atoms with Gasteiger partial charge in [-0.25, -0.2) is 4.68 Å². The van der Waals surface area contributed by atoms with Crippen molar-refractivity contribution in [1.29, 1.82) is 0 Å². The summed E-state index contributed by atoms with van der Waals surface area (Å²) in [6.45, 7) is 3.70. The molecule has 0 radical (unpaired) electrons. The third kappa shape index (κ3) is 4.97. The monoisotopic (exact) mass is 288 g/mol. The van der Waals surface area contributed by atoms with Crippen LogP contribution in [0.1, 0.15) is 12.5 Å². The van der Waals surface area contributed by atoms with Gasteiger partial charge in [-0.2, -0.15) is 5.10 Å². The number of rotatable bonds is 7. The number of para-hydroxylation sites is 1. The van der Waals surface area contributed by atoms with E-state index >= 15 is 0 Å². The van der Waals surface area contributed by atoms with Crippen molar-refractivity contribution in [1.82, 2.24) is 20.0 Å². The van der Waals surface area contributed by atoms with Gasteiger partial charge in [0.05, 0.1) is 17.5 Å². The molecule has 5 heteroatoms. The number of likely N-dealkylation sites (N-methyl/N-ethyl adjacent to an activating group) is 1. The van der Waals surface area contributed by atoms with Crippen LogP contribution in [0, 0.1) is 0 Å². The Morgan fingerprint density at radius 3 is 2.67 bits per heavy atom. The van der Waals surface area contributed by atoms with Crippen molar-refractivity contribution in [2.75, 3.05) is 27.2 Å². The average molecular weight is 288 g/mol. The quantitative estimate of drug-likeness (QED) is 0.806. The van der Waals surface area contributed by atoms with E-state index < -0.39 is 5.60 Å². The van der Waals surface area contributed by atoms with Crippen molar-refractivity contribution in [2.45, 2.75) is 19.1 Å². The average Bonchev–Trinajstić information content (AvgIpc) is 2.87. The van der Waals surface area contributed by atoms with Gasteiger partial charge in [0.25, 0.3) is 0 Å². The third-order valence-corrected chi connectivity index (χ3v) is 3.15. The van der Waals surface area contributed by atoms with Crippen molar-refractivity contribution in [3.63, 3.8) is 0 Å². The Labute approximate surface area is 126 Å². The van der Waals surface area contributed by atoms with E-state index in [1.165, 1.54) is 0 Å². The fourth-order valence-corrected chi connectivity index (χ4v) is 2.39. The molecule has 2 rings (SSSR count). The summed E-state index contributed by atoms with van der Waals surface area (Å²) in [6, 6.07) is 10.0. The fourth-order valence-electron chi connectivity index (χ4n) is 2.39. The van der Waals surface area contributed by atoms with E-state index in [0.29, 0.717) is 19.6 Å². The van der Waals surface area contributed by atoms with Gasteiger partial charge >= 0.3 is 0 Å². The Hall–Kier alpha value is -1.69. The zero-order chi connectivity index (χ0) is 15.3. The summed E-state index contributed by atoms with van der Waals surface area (Å²) in [6.07, 6.45) is 3.85. The molecule has 0 aliphatic carbocycles. The summed E-state index contributed by atoms with van der Waals surface area (Å²) in [7, 11) is 3.91. The molecular weight excluding hydrogens is 264 g/mol. The lowest BCUT2D eigenvalue weighted by Gasteiger charge is -2.27. The van der Waals surface area contributed by atoms with Crippen LogP contribution in [0.3, 0.4) is 0 Å². The number of hydrogen-bond acceptors (Lipinski definition) is 4. The zero-order valence-electron chi connectivity index (χ0n) is 13.0. The second-order valence-electron chi connectivity index (χ2n) is 5.97. The van der Waals surface area contributed by atoms with Gasteiger partial charge in [-0.05, 0) is 33.2 Å². The van der Waals surface area contributed by atoms with Crippen LogP contribution in [0.4, 0.5) is 0 Å². The molecule has 0 saturated carbocycles. The second kappa shape index (κ2) is 6.85. The zero-order valence-corrected chi connectivity index (χ0v) is 13.0. The predicted octanol–water partition coefficient (Wildman–Crippen LogP) is 1.27. The smallest absolute Gasteiger partial charge is 0.0869 e. The first-order chi connectivity index (χ1) is 9.96. The van der Waals surface area contributed by atoms with E-state index in [1.54, 1.807) is 0 Å². The van der Waals surface area contributed by atoms with Crippen LogP contribution in [-0.4, -0.2) is 52.6 Å². The number of benzene rings is 1. The Kier molecular flexibility index (Phi) is 5.12. The van der Waals surface area contributed by atoms with Gasteiger partial charge in [-0.1, -0.05) is 18.2 Å². The normalized spacial score (nSPS) is 14.3. The topological polar surface area (TPSA) is 53.3 Å². The van der Waals surface area contributed by atoms with Crippen LogP contribution in [0.5, 0.6) is 0 Å². The van der Waals surface area contributed by atoms with E-state index in [1.807, 2.05) is 73.3 Å². The summed E-state index contributed by atoms with van der Waals surface area (Å²) in [5.74, 6) is 0. The van der Waals surface area contributed by atoms with Crippen LogP contribution < -0.4 is 5.32 Å². The van der Waals surface area contributed by atoms with Gasteiger partial charge in [-0.3, -0.25) is 0 Å². The minimum Gasteiger partial charge on any atom is -0.388 e. The van der Waals surface area contributed by atoms with Crippen molar-refractivity contribution < 1.29 is 5.11 Å².